The highest BCUT2D eigenvalue weighted by Crippen LogP contribution is 2.24. The SMILES string of the molecule is Nc1cccnc1C(=O)Cc1cnccc1N1CCC[C@H](N)C1. The van der Waals surface area contributed by atoms with Gasteiger partial charge in [0.15, 0.2) is 5.78 Å². The topological polar surface area (TPSA) is 98.1 Å². The number of hydrogen-bond acceptors (Lipinski definition) is 6. The summed E-state index contributed by atoms with van der Waals surface area (Å²) in [4.78, 5) is 23.0. The summed E-state index contributed by atoms with van der Waals surface area (Å²) in [6.07, 6.45) is 7.41. The van der Waals surface area contributed by atoms with Crippen molar-refractivity contribution in [2.24, 2.45) is 5.73 Å². The minimum atomic E-state index is -0.0985. The second kappa shape index (κ2) is 6.75. The summed E-state index contributed by atoms with van der Waals surface area (Å²) in [7, 11) is 0. The second-order valence-electron chi connectivity index (χ2n) is 5.89. The van der Waals surface area contributed by atoms with Crippen LogP contribution in [-0.4, -0.2) is 34.9 Å². The van der Waals surface area contributed by atoms with Gasteiger partial charge in [-0.3, -0.25) is 14.8 Å². The first kappa shape index (κ1) is 15.4. The molecule has 0 aliphatic carbocycles. The van der Waals surface area contributed by atoms with Crippen LogP contribution in [0.2, 0.25) is 0 Å². The summed E-state index contributed by atoms with van der Waals surface area (Å²) in [5.74, 6) is -0.0985. The van der Waals surface area contributed by atoms with Crippen molar-refractivity contribution in [2.75, 3.05) is 23.7 Å². The van der Waals surface area contributed by atoms with Gasteiger partial charge in [-0.25, -0.2) is 0 Å². The summed E-state index contributed by atoms with van der Waals surface area (Å²) in [5, 5.41) is 0. The van der Waals surface area contributed by atoms with Crippen LogP contribution in [0.5, 0.6) is 0 Å². The number of aromatic nitrogens is 2. The molecule has 0 spiro atoms. The zero-order valence-electron chi connectivity index (χ0n) is 13.0. The Balaban J connectivity index is 1.83. The van der Waals surface area contributed by atoms with Gasteiger partial charge in [0.25, 0.3) is 0 Å². The van der Waals surface area contributed by atoms with Gasteiger partial charge >= 0.3 is 0 Å². The number of hydrogen-bond donors (Lipinski definition) is 2. The van der Waals surface area contributed by atoms with Crippen molar-refractivity contribution in [3.63, 3.8) is 0 Å². The van der Waals surface area contributed by atoms with Crippen LogP contribution in [0.3, 0.4) is 0 Å². The maximum absolute atomic E-state index is 12.5. The highest BCUT2D eigenvalue weighted by molar-refractivity contribution is 6.00. The van der Waals surface area contributed by atoms with E-state index in [0.717, 1.165) is 37.2 Å². The van der Waals surface area contributed by atoms with Crippen molar-refractivity contribution < 1.29 is 4.79 Å². The van der Waals surface area contributed by atoms with Crippen molar-refractivity contribution >= 4 is 17.2 Å². The number of nitrogens with zero attached hydrogens (tertiary/aromatic N) is 3. The molecule has 120 valence electrons. The predicted octanol–water partition coefficient (Wildman–Crippen LogP) is 1.41. The molecular weight excluding hydrogens is 290 g/mol. The number of nitrogen functional groups attached to an aromatic ring is 1. The number of carbonyl (C=O) groups is 1. The number of rotatable bonds is 4. The third kappa shape index (κ3) is 3.48. The van der Waals surface area contributed by atoms with E-state index in [1.165, 1.54) is 0 Å². The molecule has 4 N–H and O–H groups in total. The van der Waals surface area contributed by atoms with Gasteiger partial charge in [-0.15, -0.1) is 0 Å². The van der Waals surface area contributed by atoms with Gasteiger partial charge in [0.1, 0.15) is 5.69 Å². The second-order valence-corrected chi connectivity index (χ2v) is 5.89. The highest BCUT2D eigenvalue weighted by atomic mass is 16.1. The molecule has 1 aliphatic rings. The highest BCUT2D eigenvalue weighted by Gasteiger charge is 2.21. The van der Waals surface area contributed by atoms with Crippen LogP contribution >= 0.6 is 0 Å². The number of pyridine rings is 2. The van der Waals surface area contributed by atoms with Gasteiger partial charge in [0.2, 0.25) is 0 Å². The molecule has 1 atom stereocenters. The smallest absolute Gasteiger partial charge is 0.187 e. The van der Waals surface area contributed by atoms with Crippen molar-refractivity contribution in [2.45, 2.75) is 25.3 Å². The minimum Gasteiger partial charge on any atom is -0.397 e. The van der Waals surface area contributed by atoms with E-state index in [0.29, 0.717) is 11.4 Å². The third-order valence-corrected chi connectivity index (χ3v) is 4.13. The number of Topliss-reactive ketones (excluding diaryl/α,β-unsaturated/α-hetero) is 1. The van der Waals surface area contributed by atoms with E-state index in [4.69, 9.17) is 11.5 Å². The molecule has 0 amide bonds. The largest absolute Gasteiger partial charge is 0.397 e. The van der Waals surface area contributed by atoms with Gasteiger partial charge in [-0.1, -0.05) is 0 Å². The van der Waals surface area contributed by atoms with Gasteiger partial charge in [-0.05, 0) is 31.0 Å². The van der Waals surface area contributed by atoms with Crippen LogP contribution in [0.4, 0.5) is 11.4 Å². The molecule has 0 aromatic carbocycles. The Morgan fingerprint density at radius 2 is 2.22 bits per heavy atom. The van der Waals surface area contributed by atoms with Crippen LogP contribution in [0.1, 0.15) is 28.9 Å². The molecular formula is C17H21N5O. The van der Waals surface area contributed by atoms with Crippen molar-refractivity contribution in [3.05, 3.63) is 48.0 Å². The number of carbonyl (C=O) groups excluding carboxylic acids is 1. The first-order chi connectivity index (χ1) is 11.1. The summed E-state index contributed by atoms with van der Waals surface area (Å²) in [6.45, 7) is 1.75. The summed E-state index contributed by atoms with van der Waals surface area (Å²) in [5.41, 5.74) is 14.6. The Labute approximate surface area is 135 Å². The van der Waals surface area contributed by atoms with E-state index >= 15 is 0 Å². The summed E-state index contributed by atoms with van der Waals surface area (Å²) in [6, 6.07) is 5.53. The standard InChI is InChI=1S/C17H21N5O/c18-13-3-2-8-22(11-13)15-5-7-20-10-12(15)9-16(23)17-14(19)4-1-6-21-17/h1,4-7,10,13H,2-3,8-9,11,18-19H2/t13-/m0/s1. The normalized spacial score (nSPS) is 18.0. The molecule has 6 nitrogen and oxygen atoms in total. The van der Waals surface area contributed by atoms with E-state index < -0.39 is 0 Å². The summed E-state index contributed by atoms with van der Waals surface area (Å²) >= 11 is 0. The molecule has 2 aromatic rings. The summed E-state index contributed by atoms with van der Waals surface area (Å²) < 4.78 is 0. The number of ketones is 1. The Hall–Kier alpha value is -2.47. The Morgan fingerprint density at radius 3 is 3.00 bits per heavy atom. The predicted molar refractivity (Wildman–Crippen MR) is 90.3 cm³/mol. The molecule has 0 radical (unpaired) electrons. The van der Waals surface area contributed by atoms with E-state index in [1.807, 2.05) is 6.07 Å². The van der Waals surface area contributed by atoms with Crippen LogP contribution in [0.25, 0.3) is 0 Å². The Kier molecular flexibility index (Phi) is 4.52. The first-order valence-corrected chi connectivity index (χ1v) is 7.82. The molecule has 0 unspecified atom stereocenters. The minimum absolute atomic E-state index is 0.0985. The van der Waals surface area contributed by atoms with E-state index in [2.05, 4.69) is 14.9 Å². The molecule has 0 bridgehead atoms. The Bertz CT molecular complexity index is 703. The molecule has 1 saturated heterocycles. The lowest BCUT2D eigenvalue weighted by Crippen LogP contribution is -2.43. The number of nitrogens with two attached hydrogens (primary N) is 2. The molecule has 23 heavy (non-hydrogen) atoms. The fourth-order valence-electron chi connectivity index (χ4n) is 3.00. The fourth-order valence-corrected chi connectivity index (χ4v) is 3.00. The molecule has 1 aliphatic heterocycles. The monoisotopic (exact) mass is 311 g/mol. The van der Waals surface area contributed by atoms with Crippen molar-refractivity contribution in [1.29, 1.82) is 0 Å². The lowest BCUT2D eigenvalue weighted by atomic mass is 10.0. The van der Waals surface area contributed by atoms with Crippen LogP contribution < -0.4 is 16.4 Å². The molecule has 3 rings (SSSR count). The van der Waals surface area contributed by atoms with Crippen LogP contribution in [-0.2, 0) is 6.42 Å². The molecule has 3 heterocycles. The lowest BCUT2D eigenvalue weighted by Gasteiger charge is -2.33. The van der Waals surface area contributed by atoms with E-state index in [1.54, 1.807) is 30.7 Å². The fraction of sp³-hybridized carbons (Fsp3) is 0.353. The van der Waals surface area contributed by atoms with Gasteiger partial charge in [0, 0.05) is 55.4 Å². The van der Waals surface area contributed by atoms with Gasteiger partial charge in [-0.2, -0.15) is 0 Å². The zero-order chi connectivity index (χ0) is 16.2. The van der Waals surface area contributed by atoms with Crippen LogP contribution in [0.15, 0.2) is 36.8 Å². The van der Waals surface area contributed by atoms with Crippen molar-refractivity contribution in [3.8, 4) is 0 Å². The van der Waals surface area contributed by atoms with Gasteiger partial charge < -0.3 is 16.4 Å². The molecule has 0 saturated carbocycles. The van der Waals surface area contributed by atoms with Crippen LogP contribution in [0, 0.1) is 0 Å². The van der Waals surface area contributed by atoms with E-state index in [9.17, 15) is 4.79 Å². The zero-order valence-corrected chi connectivity index (χ0v) is 13.0. The number of anilines is 2. The number of piperidine rings is 1. The molecule has 1 fully saturated rings. The maximum atomic E-state index is 12.5. The average molecular weight is 311 g/mol. The maximum Gasteiger partial charge on any atom is 0.187 e. The quantitative estimate of drug-likeness (QED) is 0.829. The Morgan fingerprint density at radius 1 is 1.35 bits per heavy atom. The average Bonchev–Trinajstić information content (AvgIpc) is 2.55. The third-order valence-electron chi connectivity index (χ3n) is 4.13. The lowest BCUT2D eigenvalue weighted by molar-refractivity contribution is 0.0989. The van der Waals surface area contributed by atoms with E-state index in [-0.39, 0.29) is 18.2 Å². The molecule has 2 aromatic heterocycles. The molecule has 6 heteroatoms. The van der Waals surface area contributed by atoms with Gasteiger partial charge in [0.05, 0.1) is 5.69 Å². The first-order valence-electron chi connectivity index (χ1n) is 7.82. The van der Waals surface area contributed by atoms with Crippen molar-refractivity contribution in [1.82, 2.24) is 9.97 Å².